The van der Waals surface area contributed by atoms with Crippen LogP contribution >= 0.6 is 12.2 Å². The Hall–Kier alpha value is -2.86. The lowest BCUT2D eigenvalue weighted by molar-refractivity contribution is -0.113. The van der Waals surface area contributed by atoms with Crippen molar-refractivity contribution in [3.63, 3.8) is 0 Å². The number of ether oxygens (including phenoxy) is 1. The van der Waals surface area contributed by atoms with Gasteiger partial charge in [-0.1, -0.05) is 24.3 Å². The van der Waals surface area contributed by atoms with Crippen LogP contribution in [0.15, 0.2) is 48.2 Å². The summed E-state index contributed by atoms with van der Waals surface area (Å²) in [5, 5.41) is 12.9. The molecule has 0 radical (unpaired) electrons. The summed E-state index contributed by atoms with van der Waals surface area (Å²) in [4.78, 5) is 14.2. The molecule has 1 heterocycles. The van der Waals surface area contributed by atoms with Crippen molar-refractivity contribution in [3.8, 4) is 11.5 Å². The molecule has 0 atom stereocenters. The van der Waals surface area contributed by atoms with Gasteiger partial charge in [-0.15, -0.1) is 0 Å². The Kier molecular flexibility index (Phi) is 4.22. The van der Waals surface area contributed by atoms with Crippen molar-refractivity contribution >= 4 is 35.0 Å². The van der Waals surface area contributed by atoms with Crippen molar-refractivity contribution in [1.82, 2.24) is 5.32 Å². The maximum absolute atomic E-state index is 12.7. The number of hydrogen-bond acceptors (Lipinski definition) is 4. The molecule has 0 spiro atoms. The van der Waals surface area contributed by atoms with Crippen LogP contribution in [0, 0.1) is 6.92 Å². The summed E-state index contributed by atoms with van der Waals surface area (Å²) in [6.07, 6.45) is 1.68. The highest BCUT2D eigenvalue weighted by molar-refractivity contribution is 7.80. The number of rotatable bonds is 3. The molecular weight excluding hydrogens is 324 g/mol. The van der Waals surface area contributed by atoms with E-state index in [2.05, 4.69) is 5.32 Å². The third kappa shape index (κ3) is 2.83. The zero-order chi connectivity index (χ0) is 17.3. The SMILES string of the molecule is COc1cc(C=C2NC(=S)N(c3ccccc3C)C2=O)ccc1O. The van der Waals surface area contributed by atoms with Crippen LogP contribution < -0.4 is 15.0 Å². The molecule has 0 unspecified atom stereocenters. The largest absolute Gasteiger partial charge is 0.504 e. The monoisotopic (exact) mass is 340 g/mol. The van der Waals surface area contributed by atoms with Crippen molar-refractivity contribution in [2.24, 2.45) is 0 Å². The van der Waals surface area contributed by atoms with E-state index in [1.54, 1.807) is 18.2 Å². The number of benzene rings is 2. The first kappa shape index (κ1) is 16.0. The fraction of sp³-hybridized carbons (Fsp3) is 0.111. The number of methoxy groups -OCH3 is 1. The van der Waals surface area contributed by atoms with Gasteiger partial charge in [0.15, 0.2) is 16.6 Å². The fourth-order valence-electron chi connectivity index (χ4n) is 2.52. The molecule has 24 heavy (non-hydrogen) atoms. The van der Waals surface area contributed by atoms with E-state index in [-0.39, 0.29) is 11.7 Å². The Morgan fingerprint density at radius 2 is 2.00 bits per heavy atom. The van der Waals surface area contributed by atoms with Crippen LogP contribution in [0.25, 0.3) is 6.08 Å². The molecule has 1 fully saturated rings. The summed E-state index contributed by atoms with van der Waals surface area (Å²) >= 11 is 5.31. The Morgan fingerprint density at radius 3 is 2.71 bits per heavy atom. The molecule has 122 valence electrons. The lowest BCUT2D eigenvalue weighted by atomic mass is 10.1. The standard InChI is InChI=1S/C18H16N2O3S/c1-11-5-3-4-6-14(11)20-17(22)13(19-18(20)24)9-12-7-8-15(21)16(10-12)23-2/h3-10,21H,1-2H3,(H,19,24). The number of phenols is 1. The summed E-state index contributed by atoms with van der Waals surface area (Å²) in [7, 11) is 1.47. The molecule has 0 saturated carbocycles. The van der Waals surface area contributed by atoms with Crippen molar-refractivity contribution in [2.75, 3.05) is 12.0 Å². The number of anilines is 1. The highest BCUT2D eigenvalue weighted by Crippen LogP contribution is 2.29. The normalized spacial score (nSPS) is 15.8. The minimum atomic E-state index is -0.221. The van der Waals surface area contributed by atoms with Gasteiger partial charge >= 0.3 is 0 Å². The van der Waals surface area contributed by atoms with Crippen LogP contribution in [0.3, 0.4) is 0 Å². The lowest BCUT2D eigenvalue weighted by Crippen LogP contribution is -2.30. The number of aryl methyl sites for hydroxylation is 1. The molecule has 3 rings (SSSR count). The molecule has 1 amide bonds. The molecule has 2 N–H and O–H groups in total. The van der Waals surface area contributed by atoms with Gasteiger partial charge in [0.25, 0.3) is 5.91 Å². The van der Waals surface area contributed by atoms with Gasteiger partial charge in [-0.25, -0.2) is 0 Å². The molecule has 1 aliphatic rings. The minimum absolute atomic E-state index is 0.0439. The van der Waals surface area contributed by atoms with E-state index >= 15 is 0 Å². The smallest absolute Gasteiger partial charge is 0.281 e. The van der Waals surface area contributed by atoms with E-state index in [0.29, 0.717) is 16.6 Å². The maximum atomic E-state index is 12.7. The van der Waals surface area contributed by atoms with E-state index in [4.69, 9.17) is 17.0 Å². The van der Waals surface area contributed by atoms with Crippen molar-refractivity contribution in [1.29, 1.82) is 0 Å². The summed E-state index contributed by atoms with van der Waals surface area (Å²) < 4.78 is 5.08. The van der Waals surface area contributed by atoms with Gasteiger partial charge in [0.05, 0.1) is 12.8 Å². The number of amides is 1. The molecule has 0 bridgehead atoms. The number of nitrogens with zero attached hydrogens (tertiary/aromatic N) is 1. The van der Waals surface area contributed by atoms with E-state index < -0.39 is 0 Å². The summed E-state index contributed by atoms with van der Waals surface area (Å²) in [5.74, 6) is 0.164. The van der Waals surface area contributed by atoms with Crippen LogP contribution in [0.4, 0.5) is 5.69 Å². The van der Waals surface area contributed by atoms with Crippen LogP contribution in [0.2, 0.25) is 0 Å². The number of nitrogens with one attached hydrogen (secondary N) is 1. The van der Waals surface area contributed by atoms with Crippen molar-refractivity contribution in [2.45, 2.75) is 6.92 Å². The first-order valence-corrected chi connectivity index (χ1v) is 7.72. The molecule has 5 nitrogen and oxygen atoms in total. The second-order valence-corrected chi connectivity index (χ2v) is 5.73. The number of thiocarbonyl (C=S) groups is 1. The van der Waals surface area contributed by atoms with Crippen LogP contribution in [0.5, 0.6) is 11.5 Å². The molecular formula is C18H16N2O3S. The van der Waals surface area contributed by atoms with Gasteiger partial charge in [0.2, 0.25) is 0 Å². The number of aromatic hydroxyl groups is 1. The second-order valence-electron chi connectivity index (χ2n) is 5.35. The summed E-state index contributed by atoms with van der Waals surface area (Å²) in [6.45, 7) is 1.93. The maximum Gasteiger partial charge on any atom is 0.281 e. The zero-order valence-electron chi connectivity index (χ0n) is 13.2. The Labute approximate surface area is 145 Å². The zero-order valence-corrected chi connectivity index (χ0v) is 14.1. The molecule has 1 saturated heterocycles. The van der Waals surface area contributed by atoms with Gasteiger partial charge in [-0.05, 0) is 54.5 Å². The van der Waals surface area contributed by atoms with E-state index in [9.17, 15) is 9.90 Å². The predicted octanol–water partition coefficient (Wildman–Crippen LogP) is 2.97. The average Bonchev–Trinajstić information content (AvgIpc) is 2.84. The Balaban J connectivity index is 1.96. The summed E-state index contributed by atoms with van der Waals surface area (Å²) in [5.41, 5.74) is 2.81. The predicted molar refractivity (Wildman–Crippen MR) is 97.0 cm³/mol. The van der Waals surface area contributed by atoms with Crippen LogP contribution in [-0.2, 0) is 4.79 Å². The topological polar surface area (TPSA) is 61.8 Å². The molecule has 0 aromatic heterocycles. The first-order valence-electron chi connectivity index (χ1n) is 7.31. The fourth-order valence-corrected chi connectivity index (χ4v) is 2.81. The lowest BCUT2D eigenvalue weighted by Gasteiger charge is -2.16. The number of carbonyl (C=O) groups is 1. The molecule has 0 aliphatic carbocycles. The molecule has 2 aromatic rings. The van der Waals surface area contributed by atoms with Gasteiger partial charge < -0.3 is 15.2 Å². The van der Waals surface area contributed by atoms with Gasteiger partial charge in [-0.2, -0.15) is 0 Å². The van der Waals surface area contributed by atoms with Gasteiger partial charge in [0.1, 0.15) is 5.70 Å². The van der Waals surface area contributed by atoms with Crippen LogP contribution in [0.1, 0.15) is 11.1 Å². The first-order chi connectivity index (χ1) is 11.5. The Bertz CT molecular complexity index is 861. The third-order valence-corrected chi connectivity index (χ3v) is 4.03. The molecule has 2 aromatic carbocycles. The van der Waals surface area contributed by atoms with Crippen LogP contribution in [-0.4, -0.2) is 23.2 Å². The third-order valence-electron chi connectivity index (χ3n) is 3.75. The summed E-state index contributed by atoms with van der Waals surface area (Å²) in [6, 6.07) is 12.4. The Morgan fingerprint density at radius 1 is 1.25 bits per heavy atom. The number of carbonyl (C=O) groups excluding carboxylic acids is 1. The molecule has 6 heteroatoms. The van der Waals surface area contributed by atoms with Gasteiger partial charge in [-0.3, -0.25) is 9.69 Å². The van der Waals surface area contributed by atoms with Gasteiger partial charge in [0, 0.05) is 0 Å². The van der Waals surface area contributed by atoms with E-state index in [1.165, 1.54) is 18.1 Å². The number of phenolic OH excluding ortho intramolecular Hbond substituents is 1. The average molecular weight is 340 g/mol. The van der Waals surface area contributed by atoms with Crippen molar-refractivity contribution in [3.05, 3.63) is 59.3 Å². The quantitative estimate of drug-likeness (QED) is 0.664. The highest BCUT2D eigenvalue weighted by Gasteiger charge is 2.32. The molecule has 1 aliphatic heterocycles. The number of hydrogen-bond donors (Lipinski definition) is 2. The highest BCUT2D eigenvalue weighted by atomic mass is 32.1. The van der Waals surface area contributed by atoms with E-state index in [0.717, 1.165) is 16.8 Å². The number of para-hydroxylation sites is 1. The van der Waals surface area contributed by atoms with E-state index in [1.807, 2.05) is 31.2 Å². The second kappa shape index (κ2) is 6.33. The minimum Gasteiger partial charge on any atom is -0.504 e. The van der Waals surface area contributed by atoms with Crippen molar-refractivity contribution < 1.29 is 14.6 Å².